The predicted octanol–water partition coefficient (Wildman–Crippen LogP) is 6.91. The van der Waals surface area contributed by atoms with Crippen molar-refractivity contribution in [2.24, 2.45) is 4.99 Å². The molecule has 0 aliphatic carbocycles. The molecule has 0 spiro atoms. The van der Waals surface area contributed by atoms with Gasteiger partial charge in [-0.2, -0.15) is 0 Å². The van der Waals surface area contributed by atoms with Gasteiger partial charge in [0.2, 0.25) is 0 Å². The average molecular weight is 539 g/mol. The van der Waals surface area contributed by atoms with E-state index in [0.29, 0.717) is 28.1 Å². The van der Waals surface area contributed by atoms with Crippen LogP contribution in [0.3, 0.4) is 0 Å². The summed E-state index contributed by atoms with van der Waals surface area (Å²) in [4.78, 5) is 31.3. The van der Waals surface area contributed by atoms with Crippen LogP contribution in [0.5, 0.6) is 5.75 Å². The van der Waals surface area contributed by atoms with Crippen LogP contribution in [0.1, 0.15) is 27.0 Å². The molecule has 0 aromatic heterocycles. The zero-order valence-electron chi connectivity index (χ0n) is 20.7. The molecule has 0 saturated carbocycles. The minimum absolute atomic E-state index is 0.163. The van der Waals surface area contributed by atoms with E-state index in [1.165, 1.54) is 40.9 Å². The lowest BCUT2D eigenvalue weighted by Crippen LogP contribution is -2.28. The van der Waals surface area contributed by atoms with Crippen LogP contribution in [0.4, 0.5) is 10.1 Å². The number of carbonyl (C=O) groups excluding carboxylic acids is 1. The molecule has 8 heteroatoms. The molecular formula is C31H23FN2O4S. The highest BCUT2D eigenvalue weighted by atomic mass is 32.2. The number of rotatable bonds is 8. The fourth-order valence-corrected chi connectivity index (χ4v) is 4.88. The summed E-state index contributed by atoms with van der Waals surface area (Å²) in [7, 11) is 0. The van der Waals surface area contributed by atoms with Gasteiger partial charge < -0.3 is 9.84 Å². The maximum Gasteiger partial charge on any atom is 0.335 e. The Morgan fingerprint density at radius 2 is 1.67 bits per heavy atom. The van der Waals surface area contributed by atoms with Crippen molar-refractivity contribution in [1.82, 2.24) is 4.90 Å². The van der Waals surface area contributed by atoms with Crippen LogP contribution >= 0.6 is 11.8 Å². The number of benzene rings is 4. The van der Waals surface area contributed by atoms with Gasteiger partial charge in [-0.3, -0.25) is 9.69 Å². The number of amides is 1. The molecule has 6 nitrogen and oxygen atoms in total. The summed E-state index contributed by atoms with van der Waals surface area (Å²) >= 11 is 1.22. The molecule has 1 aliphatic rings. The first-order valence-corrected chi connectivity index (χ1v) is 12.9. The van der Waals surface area contributed by atoms with Gasteiger partial charge in [-0.15, -0.1) is 0 Å². The summed E-state index contributed by atoms with van der Waals surface area (Å²) in [5.41, 5.74) is 3.27. The lowest BCUT2D eigenvalue weighted by atomic mass is 10.1. The monoisotopic (exact) mass is 538 g/mol. The Bertz CT molecular complexity index is 1550. The van der Waals surface area contributed by atoms with Gasteiger partial charge in [0.1, 0.15) is 18.2 Å². The van der Waals surface area contributed by atoms with Crippen LogP contribution in [0.2, 0.25) is 0 Å². The maximum atomic E-state index is 13.5. The van der Waals surface area contributed by atoms with Gasteiger partial charge in [0.05, 0.1) is 22.7 Å². The van der Waals surface area contributed by atoms with E-state index in [0.717, 1.165) is 16.7 Å². The van der Waals surface area contributed by atoms with Crippen molar-refractivity contribution in [2.45, 2.75) is 13.2 Å². The number of hydrogen-bond donors (Lipinski definition) is 1. The molecule has 0 radical (unpaired) electrons. The lowest BCUT2D eigenvalue weighted by molar-refractivity contribution is -0.122. The van der Waals surface area contributed by atoms with Crippen molar-refractivity contribution in [1.29, 1.82) is 0 Å². The van der Waals surface area contributed by atoms with Crippen LogP contribution in [0.15, 0.2) is 113 Å². The van der Waals surface area contributed by atoms with E-state index in [-0.39, 0.29) is 23.8 Å². The van der Waals surface area contributed by atoms with Crippen LogP contribution < -0.4 is 4.74 Å². The number of amidine groups is 1. The first-order valence-electron chi connectivity index (χ1n) is 12.1. The number of carboxylic acid groups (broad SMARTS) is 1. The van der Waals surface area contributed by atoms with E-state index in [9.17, 15) is 19.1 Å². The van der Waals surface area contributed by atoms with Gasteiger partial charge in [-0.25, -0.2) is 14.2 Å². The van der Waals surface area contributed by atoms with Gasteiger partial charge in [0, 0.05) is 0 Å². The number of halogens is 1. The van der Waals surface area contributed by atoms with Crippen LogP contribution in [-0.4, -0.2) is 27.1 Å². The second-order valence-corrected chi connectivity index (χ2v) is 9.73. The average Bonchev–Trinajstić information content (AvgIpc) is 3.23. The molecule has 1 N–H and O–H groups in total. The van der Waals surface area contributed by atoms with E-state index in [4.69, 9.17) is 4.74 Å². The van der Waals surface area contributed by atoms with Gasteiger partial charge in [0.25, 0.3) is 5.91 Å². The molecule has 194 valence electrons. The third-order valence-corrected chi connectivity index (χ3v) is 6.89. The Morgan fingerprint density at radius 1 is 0.923 bits per heavy atom. The molecular weight excluding hydrogens is 515 g/mol. The highest BCUT2D eigenvalue weighted by molar-refractivity contribution is 8.18. The Balaban J connectivity index is 1.40. The molecule has 1 saturated heterocycles. The smallest absolute Gasteiger partial charge is 0.335 e. The summed E-state index contributed by atoms with van der Waals surface area (Å²) in [6.07, 6.45) is 1.79. The fourth-order valence-electron chi connectivity index (χ4n) is 3.88. The number of hydrogen-bond acceptors (Lipinski definition) is 5. The van der Waals surface area contributed by atoms with Gasteiger partial charge in [-0.1, -0.05) is 54.6 Å². The van der Waals surface area contributed by atoms with E-state index in [1.54, 1.807) is 30.3 Å². The molecule has 1 amide bonds. The van der Waals surface area contributed by atoms with Crippen molar-refractivity contribution in [3.63, 3.8) is 0 Å². The first-order chi connectivity index (χ1) is 18.9. The van der Waals surface area contributed by atoms with Crippen LogP contribution in [-0.2, 0) is 17.9 Å². The molecule has 0 unspecified atom stereocenters. The SMILES string of the molecule is O=C(O)c1ccc(CN2C(=O)/C(=C/c3cccc(OCc4ccccc4)c3)SC2=Nc2ccc(F)cc2)cc1. The zero-order valence-corrected chi connectivity index (χ0v) is 21.5. The van der Waals surface area contributed by atoms with Crippen molar-refractivity contribution in [2.75, 3.05) is 0 Å². The predicted molar refractivity (Wildman–Crippen MR) is 150 cm³/mol. The summed E-state index contributed by atoms with van der Waals surface area (Å²) in [5, 5.41) is 9.62. The van der Waals surface area contributed by atoms with Gasteiger partial charge in [0.15, 0.2) is 5.17 Å². The van der Waals surface area contributed by atoms with Crippen molar-refractivity contribution in [3.05, 3.63) is 136 Å². The Kier molecular flexibility index (Phi) is 7.84. The first kappa shape index (κ1) is 25.9. The molecule has 5 rings (SSSR count). The van der Waals surface area contributed by atoms with Gasteiger partial charge in [-0.05, 0) is 83.1 Å². The summed E-state index contributed by atoms with van der Waals surface area (Å²) in [6.45, 7) is 0.626. The molecule has 1 heterocycles. The summed E-state index contributed by atoms with van der Waals surface area (Å²) < 4.78 is 19.4. The minimum atomic E-state index is -1.02. The third kappa shape index (κ3) is 6.61. The second-order valence-electron chi connectivity index (χ2n) is 8.72. The van der Waals surface area contributed by atoms with E-state index in [1.807, 2.05) is 54.6 Å². The number of aromatic carboxylic acids is 1. The Hall–Kier alpha value is -4.69. The fraction of sp³-hybridized carbons (Fsp3) is 0.0645. The summed E-state index contributed by atoms with van der Waals surface area (Å²) in [5.74, 6) is -0.953. The molecule has 0 bridgehead atoms. The second kappa shape index (κ2) is 11.8. The van der Waals surface area contributed by atoms with E-state index < -0.39 is 5.97 Å². The quantitative estimate of drug-likeness (QED) is 0.247. The molecule has 4 aromatic rings. The number of carbonyl (C=O) groups is 2. The summed E-state index contributed by atoms with van der Waals surface area (Å²) in [6, 6.07) is 29.4. The highest BCUT2D eigenvalue weighted by Gasteiger charge is 2.33. The van der Waals surface area contributed by atoms with E-state index in [2.05, 4.69) is 4.99 Å². The Morgan fingerprint density at radius 3 is 2.38 bits per heavy atom. The zero-order chi connectivity index (χ0) is 27.2. The molecule has 39 heavy (non-hydrogen) atoms. The minimum Gasteiger partial charge on any atom is -0.489 e. The third-order valence-electron chi connectivity index (χ3n) is 5.89. The van der Waals surface area contributed by atoms with E-state index >= 15 is 0 Å². The number of thioether (sulfide) groups is 1. The van der Waals surface area contributed by atoms with Gasteiger partial charge >= 0.3 is 5.97 Å². The van der Waals surface area contributed by atoms with Crippen molar-refractivity contribution >= 4 is 40.6 Å². The standard InChI is InChI=1S/C31H23FN2O4S/c32-25-13-15-26(16-14-25)33-31-34(19-21-9-11-24(12-10-21)30(36)37)29(35)28(39-31)18-23-7-4-8-27(17-23)38-20-22-5-2-1-3-6-22/h1-18H,19-20H2,(H,36,37)/b28-18-,33-31?. The topological polar surface area (TPSA) is 79.2 Å². The van der Waals surface area contributed by atoms with Crippen LogP contribution in [0.25, 0.3) is 6.08 Å². The normalized spacial score (nSPS) is 15.2. The molecule has 0 atom stereocenters. The Labute approximate surface area is 229 Å². The van der Waals surface area contributed by atoms with Crippen molar-refractivity contribution in [3.8, 4) is 5.75 Å². The number of aliphatic imine (C=N–C) groups is 1. The lowest BCUT2D eigenvalue weighted by Gasteiger charge is -2.16. The molecule has 1 aliphatic heterocycles. The highest BCUT2D eigenvalue weighted by Crippen LogP contribution is 2.35. The number of ether oxygens (including phenoxy) is 1. The van der Waals surface area contributed by atoms with Crippen molar-refractivity contribution < 1.29 is 23.8 Å². The van der Waals surface area contributed by atoms with Crippen LogP contribution in [0, 0.1) is 5.82 Å². The number of carboxylic acids is 1. The largest absolute Gasteiger partial charge is 0.489 e. The number of nitrogens with zero attached hydrogens (tertiary/aromatic N) is 2. The molecule has 1 fully saturated rings. The maximum absolute atomic E-state index is 13.5. The molecule has 4 aromatic carbocycles.